The number of carbonyl (C=O) groups excluding carboxylic acids is 2. The first-order valence-electron chi connectivity index (χ1n) is 9.13. The molecule has 3 aliphatic rings. The molecule has 0 aromatic carbocycles. The van der Waals surface area contributed by atoms with E-state index >= 15 is 0 Å². The van der Waals surface area contributed by atoms with E-state index in [1.807, 2.05) is 0 Å². The van der Waals surface area contributed by atoms with Gasteiger partial charge in [-0.15, -0.1) is 0 Å². The predicted octanol–water partition coefficient (Wildman–Crippen LogP) is 2.98. The topological polar surface area (TPSA) is 64.6 Å². The lowest BCUT2D eigenvalue weighted by molar-refractivity contribution is -0.147. The van der Waals surface area contributed by atoms with Gasteiger partial charge in [-0.2, -0.15) is 0 Å². The fraction of sp³-hybridized carbons (Fsp3) is 0.889. The molecule has 5 heteroatoms. The summed E-state index contributed by atoms with van der Waals surface area (Å²) in [6, 6.07) is 0. The minimum absolute atomic E-state index is 0.140. The summed E-state index contributed by atoms with van der Waals surface area (Å²) in [5, 5.41) is 2.65. The summed E-state index contributed by atoms with van der Waals surface area (Å²) in [7, 11) is 0. The van der Waals surface area contributed by atoms with E-state index in [-0.39, 0.29) is 18.5 Å². The van der Waals surface area contributed by atoms with Crippen molar-refractivity contribution in [3.63, 3.8) is 0 Å². The highest BCUT2D eigenvalue weighted by atomic mass is 16.6. The second-order valence-corrected chi connectivity index (χ2v) is 7.76. The van der Waals surface area contributed by atoms with Crippen LogP contribution < -0.4 is 5.32 Å². The van der Waals surface area contributed by atoms with Crippen LogP contribution in [0.5, 0.6) is 0 Å². The minimum Gasteiger partial charge on any atom is -0.464 e. The molecule has 0 saturated heterocycles. The zero-order valence-electron chi connectivity index (χ0n) is 14.3. The number of amides is 1. The Balaban J connectivity index is 1.30. The van der Waals surface area contributed by atoms with Crippen LogP contribution in [0.3, 0.4) is 0 Å². The van der Waals surface area contributed by atoms with Crippen LogP contribution in [-0.4, -0.2) is 31.8 Å². The van der Waals surface area contributed by atoms with Crippen molar-refractivity contribution in [1.29, 1.82) is 0 Å². The number of fused-ring (bicyclic) bond motifs is 5. The zero-order chi connectivity index (χ0) is 16.4. The molecule has 0 spiro atoms. The van der Waals surface area contributed by atoms with Crippen LogP contribution in [0.4, 0.5) is 4.79 Å². The highest BCUT2D eigenvalue weighted by Gasteiger charge is 2.53. The Kier molecular flexibility index (Phi) is 5.12. The maximum atomic E-state index is 11.7. The monoisotopic (exact) mass is 323 g/mol. The van der Waals surface area contributed by atoms with Crippen molar-refractivity contribution < 1.29 is 19.1 Å². The second-order valence-electron chi connectivity index (χ2n) is 7.76. The largest absolute Gasteiger partial charge is 0.464 e. The molecule has 3 saturated carbocycles. The van der Waals surface area contributed by atoms with Crippen molar-refractivity contribution in [2.75, 3.05) is 19.8 Å². The number of rotatable bonds is 6. The fourth-order valence-electron chi connectivity index (χ4n) is 5.11. The first kappa shape index (κ1) is 16.6. The molecule has 3 aliphatic carbocycles. The summed E-state index contributed by atoms with van der Waals surface area (Å²) >= 11 is 0. The van der Waals surface area contributed by atoms with Gasteiger partial charge in [0.05, 0.1) is 19.1 Å². The van der Waals surface area contributed by atoms with Crippen molar-refractivity contribution in [1.82, 2.24) is 5.32 Å². The van der Waals surface area contributed by atoms with E-state index in [0.717, 1.165) is 23.7 Å². The highest BCUT2D eigenvalue weighted by molar-refractivity contribution is 5.71. The molecule has 130 valence electrons. The molecule has 23 heavy (non-hydrogen) atoms. The molecule has 2 bridgehead atoms. The van der Waals surface area contributed by atoms with Gasteiger partial charge in [0.15, 0.2) is 0 Å². The molecule has 3 fully saturated rings. The van der Waals surface area contributed by atoms with Crippen molar-refractivity contribution in [3.8, 4) is 0 Å². The van der Waals surface area contributed by atoms with Crippen molar-refractivity contribution in [3.05, 3.63) is 0 Å². The maximum absolute atomic E-state index is 11.7. The molecule has 5 nitrogen and oxygen atoms in total. The Morgan fingerprint density at radius 3 is 2.65 bits per heavy atom. The number of ether oxygens (including phenoxy) is 2. The molecule has 3 rings (SSSR count). The molecule has 0 aliphatic heterocycles. The van der Waals surface area contributed by atoms with E-state index in [1.54, 1.807) is 13.8 Å². The molecule has 0 aromatic rings. The predicted molar refractivity (Wildman–Crippen MR) is 85.7 cm³/mol. The molecular weight excluding hydrogens is 294 g/mol. The summed E-state index contributed by atoms with van der Waals surface area (Å²) in [6.07, 6.45) is 6.41. The third-order valence-corrected chi connectivity index (χ3v) is 6.08. The van der Waals surface area contributed by atoms with Crippen LogP contribution in [-0.2, 0) is 14.3 Å². The Morgan fingerprint density at radius 1 is 1.09 bits per heavy atom. The highest BCUT2D eigenvalue weighted by Crippen LogP contribution is 2.60. The van der Waals surface area contributed by atoms with E-state index < -0.39 is 6.09 Å². The van der Waals surface area contributed by atoms with Gasteiger partial charge >= 0.3 is 12.1 Å². The maximum Gasteiger partial charge on any atom is 0.407 e. The van der Waals surface area contributed by atoms with Crippen LogP contribution in [0.1, 0.15) is 46.0 Å². The van der Waals surface area contributed by atoms with Gasteiger partial charge in [-0.1, -0.05) is 20.3 Å². The number of alkyl carbamates (subject to hydrolysis) is 1. The third-order valence-electron chi connectivity index (χ3n) is 6.08. The van der Waals surface area contributed by atoms with Crippen molar-refractivity contribution in [2.45, 2.75) is 46.0 Å². The molecule has 1 amide bonds. The Hall–Kier alpha value is -1.26. The smallest absolute Gasteiger partial charge is 0.407 e. The molecule has 5 atom stereocenters. The van der Waals surface area contributed by atoms with Gasteiger partial charge in [0, 0.05) is 0 Å². The molecule has 5 unspecified atom stereocenters. The Bertz CT molecular complexity index is 450. The molecule has 0 aromatic heterocycles. The molecule has 0 heterocycles. The van der Waals surface area contributed by atoms with E-state index in [0.29, 0.717) is 19.1 Å². The standard InChI is InChI=1S/C18H29NO4/c1-11(2)17(20)22-7-6-19-18(21)23-10-13-8-12-9-16(13)15-5-3-4-14(12)15/h11-16H,3-10H2,1-2H3,(H,19,21). The lowest BCUT2D eigenvalue weighted by Gasteiger charge is -2.31. The van der Waals surface area contributed by atoms with E-state index in [9.17, 15) is 9.59 Å². The number of esters is 1. The Labute approximate surface area is 138 Å². The quantitative estimate of drug-likeness (QED) is 0.603. The van der Waals surface area contributed by atoms with E-state index in [2.05, 4.69) is 5.32 Å². The lowest BCUT2D eigenvalue weighted by Crippen LogP contribution is -2.33. The van der Waals surface area contributed by atoms with Crippen LogP contribution in [0.2, 0.25) is 0 Å². The van der Waals surface area contributed by atoms with E-state index in [1.165, 1.54) is 32.1 Å². The number of hydrogen-bond donors (Lipinski definition) is 1. The summed E-state index contributed by atoms with van der Waals surface area (Å²) in [4.78, 5) is 23.0. The number of carbonyl (C=O) groups is 2. The van der Waals surface area contributed by atoms with Gasteiger partial charge in [0.25, 0.3) is 0 Å². The average molecular weight is 323 g/mol. The summed E-state index contributed by atoms with van der Waals surface area (Å²) in [6.45, 7) is 4.62. The first-order chi connectivity index (χ1) is 11.1. The molecule has 0 radical (unpaired) electrons. The molecule has 1 N–H and O–H groups in total. The van der Waals surface area contributed by atoms with E-state index in [4.69, 9.17) is 9.47 Å². The van der Waals surface area contributed by atoms with Gasteiger partial charge in [-0.3, -0.25) is 4.79 Å². The second kappa shape index (κ2) is 7.10. The summed E-state index contributed by atoms with van der Waals surface area (Å²) in [5.74, 6) is 3.73. The van der Waals surface area contributed by atoms with Crippen molar-refractivity contribution >= 4 is 12.1 Å². The van der Waals surface area contributed by atoms with Crippen LogP contribution >= 0.6 is 0 Å². The van der Waals surface area contributed by atoms with Crippen LogP contribution in [0.15, 0.2) is 0 Å². The minimum atomic E-state index is -0.392. The van der Waals surface area contributed by atoms with Crippen molar-refractivity contribution in [2.24, 2.45) is 35.5 Å². The number of hydrogen-bond acceptors (Lipinski definition) is 4. The SMILES string of the molecule is CC(C)C(=O)OCCNC(=O)OCC1CC2CC1C1CCCC21. The van der Waals surface area contributed by atoms with Gasteiger partial charge in [0.1, 0.15) is 6.61 Å². The fourth-order valence-corrected chi connectivity index (χ4v) is 5.11. The third kappa shape index (κ3) is 3.64. The summed E-state index contributed by atoms with van der Waals surface area (Å²) < 4.78 is 10.4. The van der Waals surface area contributed by atoms with Crippen LogP contribution in [0.25, 0.3) is 0 Å². The lowest BCUT2D eigenvalue weighted by atomic mass is 9.76. The Morgan fingerprint density at radius 2 is 1.87 bits per heavy atom. The average Bonchev–Trinajstić information content (AvgIpc) is 3.20. The van der Waals surface area contributed by atoms with Crippen LogP contribution in [0, 0.1) is 35.5 Å². The van der Waals surface area contributed by atoms with Gasteiger partial charge in [-0.25, -0.2) is 4.79 Å². The zero-order valence-corrected chi connectivity index (χ0v) is 14.3. The number of nitrogens with one attached hydrogen (secondary N) is 1. The first-order valence-corrected chi connectivity index (χ1v) is 9.13. The van der Waals surface area contributed by atoms with Gasteiger partial charge < -0.3 is 14.8 Å². The molecular formula is C18H29NO4. The normalized spacial score (nSPS) is 34.5. The summed E-state index contributed by atoms with van der Waals surface area (Å²) in [5.41, 5.74) is 0. The van der Waals surface area contributed by atoms with Gasteiger partial charge in [0.2, 0.25) is 0 Å². The van der Waals surface area contributed by atoms with Gasteiger partial charge in [-0.05, 0) is 55.3 Å².